The quantitative estimate of drug-likeness (QED) is 0.547. The number of nitrogens with one attached hydrogen (secondary N) is 1. The molecule has 0 fully saturated rings. The summed E-state index contributed by atoms with van der Waals surface area (Å²) in [7, 11) is 3.94. The number of thiophene rings is 1. The summed E-state index contributed by atoms with van der Waals surface area (Å²) >= 11 is 8.64. The van der Waals surface area contributed by atoms with Crippen LogP contribution in [0.1, 0.15) is 24.4 Å². The highest BCUT2D eigenvalue weighted by Gasteiger charge is 2.21. The molecule has 3 rings (SSSR count). The van der Waals surface area contributed by atoms with Gasteiger partial charge in [0.25, 0.3) is 0 Å². The molecule has 0 bridgehead atoms. The van der Waals surface area contributed by atoms with Gasteiger partial charge in [0.15, 0.2) is 11.0 Å². The zero-order chi connectivity index (χ0) is 21.0. The second-order valence-electron chi connectivity index (χ2n) is 6.40. The third-order valence-corrected chi connectivity index (χ3v) is 6.27. The van der Waals surface area contributed by atoms with Gasteiger partial charge in [-0.25, -0.2) is 0 Å². The van der Waals surface area contributed by atoms with Crippen LogP contribution in [0.5, 0.6) is 0 Å². The van der Waals surface area contributed by atoms with Crippen molar-refractivity contribution in [2.75, 3.05) is 25.2 Å². The molecule has 0 saturated heterocycles. The molecule has 7 nitrogen and oxygen atoms in total. The van der Waals surface area contributed by atoms with E-state index in [-0.39, 0.29) is 17.7 Å². The number of anilines is 1. The highest BCUT2D eigenvalue weighted by molar-refractivity contribution is 7.99. The normalized spacial score (nSPS) is 12.0. The maximum atomic E-state index is 12.4. The lowest BCUT2D eigenvalue weighted by Crippen LogP contribution is -2.21. The molecule has 0 unspecified atom stereocenters. The Morgan fingerprint density at radius 3 is 2.72 bits per heavy atom. The molecule has 1 aromatic carbocycles. The molecule has 10 heteroatoms. The van der Waals surface area contributed by atoms with Crippen LogP contribution in [0, 0.1) is 11.3 Å². The number of rotatable bonds is 7. The van der Waals surface area contributed by atoms with Crippen molar-refractivity contribution >= 4 is 45.6 Å². The van der Waals surface area contributed by atoms with E-state index in [1.54, 1.807) is 11.4 Å². The Morgan fingerprint density at radius 1 is 1.34 bits per heavy atom. The van der Waals surface area contributed by atoms with E-state index < -0.39 is 0 Å². The van der Waals surface area contributed by atoms with E-state index in [1.165, 1.54) is 23.1 Å². The average Bonchev–Trinajstić information content (AvgIpc) is 3.32. The molecule has 3 aromatic rings. The highest BCUT2D eigenvalue weighted by Crippen LogP contribution is 2.28. The number of nitrogens with zero attached hydrogens (tertiary/aromatic N) is 5. The molecule has 0 aliphatic rings. The van der Waals surface area contributed by atoms with Crippen LogP contribution in [0.25, 0.3) is 5.69 Å². The van der Waals surface area contributed by atoms with Crippen molar-refractivity contribution in [2.24, 2.45) is 0 Å². The first-order valence-electron chi connectivity index (χ1n) is 8.68. The fourth-order valence-electron chi connectivity index (χ4n) is 2.50. The molecule has 1 N–H and O–H groups in total. The maximum absolute atomic E-state index is 12.4. The summed E-state index contributed by atoms with van der Waals surface area (Å²) in [5.74, 6) is 0.706. The van der Waals surface area contributed by atoms with Crippen LogP contribution in [0.4, 0.5) is 5.00 Å². The first-order valence-corrected chi connectivity index (χ1v) is 10.9. The van der Waals surface area contributed by atoms with E-state index in [2.05, 4.69) is 21.6 Å². The minimum Gasteiger partial charge on any atom is -0.316 e. The van der Waals surface area contributed by atoms with Gasteiger partial charge in [0.1, 0.15) is 11.1 Å². The molecule has 0 aliphatic carbocycles. The van der Waals surface area contributed by atoms with Gasteiger partial charge in [0.2, 0.25) is 5.91 Å². The van der Waals surface area contributed by atoms with Crippen LogP contribution in [0.2, 0.25) is 5.02 Å². The van der Waals surface area contributed by atoms with Crippen LogP contribution >= 0.6 is 34.7 Å². The maximum Gasteiger partial charge on any atom is 0.235 e. The third kappa shape index (κ3) is 4.97. The molecule has 0 radical (unpaired) electrons. The summed E-state index contributed by atoms with van der Waals surface area (Å²) in [4.78, 5) is 14.4. The molecule has 0 spiro atoms. The molecule has 0 saturated carbocycles. The van der Waals surface area contributed by atoms with Gasteiger partial charge in [0.05, 0.1) is 17.4 Å². The van der Waals surface area contributed by atoms with E-state index in [4.69, 9.17) is 16.9 Å². The van der Waals surface area contributed by atoms with Crippen molar-refractivity contribution < 1.29 is 4.79 Å². The van der Waals surface area contributed by atoms with E-state index >= 15 is 0 Å². The second-order valence-corrected chi connectivity index (χ2v) is 8.70. The number of aromatic nitrogens is 3. The largest absolute Gasteiger partial charge is 0.316 e. The first-order chi connectivity index (χ1) is 13.9. The van der Waals surface area contributed by atoms with E-state index in [9.17, 15) is 4.79 Å². The van der Waals surface area contributed by atoms with Gasteiger partial charge < -0.3 is 5.32 Å². The molecule has 2 heterocycles. The number of carbonyl (C=O) groups excluding carboxylic acids is 1. The Hall–Kier alpha value is -2.38. The lowest BCUT2D eigenvalue weighted by atomic mass is 10.2. The van der Waals surface area contributed by atoms with Crippen LogP contribution in [-0.4, -0.2) is 45.4 Å². The van der Waals surface area contributed by atoms with E-state index in [0.717, 1.165) is 11.5 Å². The molecule has 0 aliphatic heterocycles. The number of hydrogen-bond donors (Lipinski definition) is 1. The first kappa shape index (κ1) is 21.3. The molecule has 2 aromatic heterocycles. The van der Waals surface area contributed by atoms with Crippen LogP contribution in [0.15, 0.2) is 40.9 Å². The summed E-state index contributed by atoms with van der Waals surface area (Å²) in [5, 5.41) is 24.1. The van der Waals surface area contributed by atoms with Crippen LogP contribution < -0.4 is 5.32 Å². The molecular formula is C19H19ClN6OS2. The van der Waals surface area contributed by atoms with Gasteiger partial charge in [-0.15, -0.1) is 21.5 Å². The minimum absolute atomic E-state index is 0.0191. The molecule has 150 valence electrons. The summed E-state index contributed by atoms with van der Waals surface area (Å²) in [6.45, 7) is 2.04. The Labute approximate surface area is 182 Å². The Morgan fingerprint density at radius 2 is 2.07 bits per heavy atom. The summed E-state index contributed by atoms with van der Waals surface area (Å²) < 4.78 is 1.94. The lowest BCUT2D eigenvalue weighted by Gasteiger charge is -2.20. The summed E-state index contributed by atoms with van der Waals surface area (Å²) in [6, 6.07) is 11.2. The van der Waals surface area contributed by atoms with Gasteiger partial charge in [-0.3, -0.25) is 14.3 Å². The number of hydrogen-bond acceptors (Lipinski definition) is 7. The van der Waals surface area contributed by atoms with Crippen LogP contribution in [-0.2, 0) is 4.79 Å². The van der Waals surface area contributed by atoms with E-state index in [1.807, 2.05) is 54.8 Å². The summed E-state index contributed by atoms with van der Waals surface area (Å²) in [6.07, 6.45) is 0. The van der Waals surface area contributed by atoms with Crippen molar-refractivity contribution in [1.82, 2.24) is 19.7 Å². The highest BCUT2D eigenvalue weighted by atomic mass is 35.5. The van der Waals surface area contributed by atoms with Crippen molar-refractivity contribution in [3.05, 3.63) is 52.1 Å². The number of thioether (sulfide) groups is 1. The number of nitriles is 1. The zero-order valence-electron chi connectivity index (χ0n) is 16.1. The summed E-state index contributed by atoms with van der Waals surface area (Å²) in [5.41, 5.74) is 1.33. The number of benzene rings is 1. The number of amides is 1. The number of halogens is 1. The second kappa shape index (κ2) is 9.41. The average molecular weight is 447 g/mol. The number of carbonyl (C=O) groups is 1. The third-order valence-electron chi connectivity index (χ3n) is 4.26. The fourth-order valence-corrected chi connectivity index (χ4v) is 4.13. The van der Waals surface area contributed by atoms with Crippen molar-refractivity contribution in [2.45, 2.75) is 18.1 Å². The lowest BCUT2D eigenvalue weighted by molar-refractivity contribution is -0.113. The van der Waals surface area contributed by atoms with Gasteiger partial charge in [-0.1, -0.05) is 23.4 Å². The SMILES string of the molecule is C[C@@H](c1nnc(SCC(=O)Nc2sccc2C#N)n1-c1ccc(Cl)cc1)N(C)C. The molecular weight excluding hydrogens is 428 g/mol. The fraction of sp³-hybridized carbons (Fsp3) is 0.263. The molecule has 1 atom stereocenters. The van der Waals surface area contributed by atoms with Gasteiger partial charge in [-0.2, -0.15) is 5.26 Å². The van der Waals surface area contributed by atoms with Gasteiger partial charge in [-0.05, 0) is 56.7 Å². The Balaban J connectivity index is 1.82. The van der Waals surface area contributed by atoms with Crippen molar-refractivity contribution in [3.8, 4) is 11.8 Å². The Bertz CT molecular complexity index is 1040. The zero-order valence-corrected chi connectivity index (χ0v) is 18.5. The standard InChI is InChI=1S/C19H19ClN6OS2/c1-12(25(2)3)17-23-24-19(26(17)15-6-4-14(20)5-7-15)29-11-16(27)22-18-13(10-21)8-9-28-18/h4-9,12H,11H2,1-3H3,(H,22,27)/t12-/m0/s1. The van der Waals surface area contributed by atoms with Crippen molar-refractivity contribution in [3.63, 3.8) is 0 Å². The predicted molar refractivity (Wildman–Crippen MR) is 117 cm³/mol. The smallest absolute Gasteiger partial charge is 0.235 e. The molecule has 1 amide bonds. The van der Waals surface area contributed by atoms with E-state index in [0.29, 0.717) is 20.7 Å². The Kier molecular flexibility index (Phi) is 6.92. The minimum atomic E-state index is -0.207. The monoisotopic (exact) mass is 446 g/mol. The topological polar surface area (TPSA) is 86.8 Å². The van der Waals surface area contributed by atoms with Crippen LogP contribution in [0.3, 0.4) is 0 Å². The molecule has 29 heavy (non-hydrogen) atoms. The predicted octanol–water partition coefficient (Wildman–Crippen LogP) is 4.21. The van der Waals surface area contributed by atoms with Gasteiger partial charge >= 0.3 is 0 Å². The van der Waals surface area contributed by atoms with Gasteiger partial charge in [0, 0.05) is 10.7 Å². The van der Waals surface area contributed by atoms with Crippen molar-refractivity contribution in [1.29, 1.82) is 5.26 Å².